The topological polar surface area (TPSA) is 40.6 Å². The lowest BCUT2D eigenvalue weighted by Crippen LogP contribution is -2.27. The molecule has 4 heteroatoms. The van der Waals surface area contributed by atoms with Crippen molar-refractivity contribution in [2.24, 2.45) is 0 Å². The molecule has 0 atom stereocenters. The predicted octanol–water partition coefficient (Wildman–Crippen LogP) is 12.6. The van der Waals surface area contributed by atoms with Crippen molar-refractivity contribution in [3.63, 3.8) is 0 Å². The fourth-order valence-electron chi connectivity index (χ4n) is 6.42. The van der Waals surface area contributed by atoms with Crippen LogP contribution in [0.25, 0.3) is 0 Å². The van der Waals surface area contributed by atoms with Gasteiger partial charge in [0.05, 0.1) is 0 Å². The number of nitrogens with zero attached hydrogens (tertiary/aromatic N) is 2. The smallest absolute Gasteiger partial charge is 0.231 e. The van der Waals surface area contributed by atoms with Crippen molar-refractivity contribution in [3.8, 4) is 0 Å². The molecule has 0 saturated heterocycles. The Bertz CT molecular complexity index is 1330. The van der Waals surface area contributed by atoms with E-state index in [0.717, 1.165) is 99.8 Å². The van der Waals surface area contributed by atoms with Gasteiger partial charge in [0, 0.05) is 35.6 Å². The summed E-state index contributed by atoms with van der Waals surface area (Å²) >= 11 is 0. The second-order valence-corrected chi connectivity index (χ2v) is 13.7. The number of aryl methyl sites for hydroxylation is 4. The minimum atomic E-state index is 0.0576. The predicted molar refractivity (Wildman–Crippen MR) is 213 cm³/mol. The fourth-order valence-corrected chi connectivity index (χ4v) is 6.42. The molecule has 2 amide bonds. The summed E-state index contributed by atoms with van der Waals surface area (Å²) in [5.74, 6) is 0.115. The van der Waals surface area contributed by atoms with Crippen molar-refractivity contribution in [3.05, 3.63) is 119 Å². The van der Waals surface area contributed by atoms with Crippen molar-refractivity contribution in [2.45, 2.75) is 130 Å². The van der Waals surface area contributed by atoms with E-state index in [1.807, 2.05) is 9.80 Å². The molecule has 4 rings (SSSR count). The van der Waals surface area contributed by atoms with Crippen LogP contribution in [-0.4, -0.2) is 11.8 Å². The molecule has 0 radical (unpaired) electrons. The van der Waals surface area contributed by atoms with E-state index in [9.17, 15) is 9.59 Å². The van der Waals surface area contributed by atoms with E-state index in [2.05, 4.69) is 125 Å². The van der Waals surface area contributed by atoms with Crippen molar-refractivity contribution < 1.29 is 9.59 Å². The molecule has 0 bridgehead atoms. The molecule has 0 heterocycles. The molecule has 4 nitrogen and oxygen atoms in total. The first-order valence-corrected chi connectivity index (χ1v) is 19.5. The average molecular weight is 673 g/mol. The zero-order valence-electron chi connectivity index (χ0n) is 31.3. The molecule has 0 unspecified atom stereocenters. The van der Waals surface area contributed by atoms with Gasteiger partial charge in [-0.3, -0.25) is 19.4 Å². The van der Waals surface area contributed by atoms with Gasteiger partial charge in [-0.2, -0.15) is 0 Å². The Kier molecular flexibility index (Phi) is 16.3. The molecule has 0 fully saturated rings. The zero-order chi connectivity index (χ0) is 35.6. The van der Waals surface area contributed by atoms with Gasteiger partial charge < -0.3 is 0 Å². The van der Waals surface area contributed by atoms with E-state index in [4.69, 9.17) is 0 Å². The SMILES string of the molecule is CCCCc1ccc(N(C(=O)CCCCC(=O)N(c2ccc(CCCC)cc2)c2ccc(CCCC)cc2)c2ccc(CCCC)cc2)cc1. The summed E-state index contributed by atoms with van der Waals surface area (Å²) in [5, 5.41) is 0. The van der Waals surface area contributed by atoms with Crippen LogP contribution < -0.4 is 9.80 Å². The Morgan fingerprint density at radius 1 is 0.360 bits per heavy atom. The largest absolute Gasteiger partial charge is 0.281 e. The number of benzene rings is 4. The van der Waals surface area contributed by atoms with E-state index in [0.29, 0.717) is 25.7 Å². The van der Waals surface area contributed by atoms with Crippen LogP contribution in [0.5, 0.6) is 0 Å². The maximum absolute atomic E-state index is 13.9. The van der Waals surface area contributed by atoms with Gasteiger partial charge in [0.1, 0.15) is 0 Å². The lowest BCUT2D eigenvalue weighted by Gasteiger charge is -2.25. The lowest BCUT2D eigenvalue weighted by atomic mass is 10.0. The molecule has 0 aliphatic heterocycles. The standard InChI is InChI=1S/C46H60N2O2/c1-5-9-15-37-21-29-41(30-22-37)47(42-31-23-38(24-32-42)16-10-6-2)45(49)19-13-14-20-46(50)48(43-33-25-39(26-34-43)17-11-7-3)44-35-27-40(28-36-44)18-12-8-4/h21-36H,5-20H2,1-4H3. The first kappa shape index (κ1) is 38.6. The van der Waals surface area contributed by atoms with E-state index in [1.54, 1.807) is 0 Å². The van der Waals surface area contributed by atoms with Gasteiger partial charge in [0.25, 0.3) is 0 Å². The quantitative estimate of drug-likeness (QED) is 0.0827. The fraction of sp³-hybridized carbons (Fsp3) is 0.435. The molecule has 0 aliphatic rings. The summed E-state index contributed by atoms with van der Waals surface area (Å²) in [6, 6.07) is 33.9. The minimum Gasteiger partial charge on any atom is -0.281 e. The highest BCUT2D eigenvalue weighted by Gasteiger charge is 2.21. The molecule has 4 aromatic rings. The molecular formula is C46H60N2O2. The first-order valence-electron chi connectivity index (χ1n) is 19.5. The van der Waals surface area contributed by atoms with Crippen LogP contribution in [0.1, 0.15) is 127 Å². The first-order chi connectivity index (χ1) is 24.5. The summed E-state index contributed by atoms with van der Waals surface area (Å²) in [6.45, 7) is 8.84. The third-order valence-corrected chi connectivity index (χ3v) is 9.58. The molecule has 0 N–H and O–H groups in total. The Morgan fingerprint density at radius 3 is 0.780 bits per heavy atom. The normalized spacial score (nSPS) is 11.0. The Morgan fingerprint density at radius 2 is 0.580 bits per heavy atom. The van der Waals surface area contributed by atoms with E-state index < -0.39 is 0 Å². The van der Waals surface area contributed by atoms with Crippen LogP contribution in [0.3, 0.4) is 0 Å². The second-order valence-electron chi connectivity index (χ2n) is 13.7. The monoisotopic (exact) mass is 672 g/mol. The van der Waals surface area contributed by atoms with Crippen molar-refractivity contribution in [2.75, 3.05) is 9.80 Å². The van der Waals surface area contributed by atoms with Crippen LogP contribution in [0, 0.1) is 0 Å². The van der Waals surface area contributed by atoms with E-state index >= 15 is 0 Å². The van der Waals surface area contributed by atoms with Gasteiger partial charge in [0.2, 0.25) is 11.8 Å². The average Bonchev–Trinajstić information content (AvgIpc) is 3.15. The molecule has 4 aromatic carbocycles. The van der Waals surface area contributed by atoms with Crippen LogP contribution in [0.4, 0.5) is 22.7 Å². The maximum atomic E-state index is 13.9. The summed E-state index contributed by atoms with van der Waals surface area (Å²) in [7, 11) is 0. The zero-order valence-corrected chi connectivity index (χ0v) is 31.3. The van der Waals surface area contributed by atoms with Crippen LogP contribution >= 0.6 is 0 Å². The Balaban J connectivity index is 1.46. The maximum Gasteiger partial charge on any atom is 0.231 e. The highest BCUT2D eigenvalue weighted by Crippen LogP contribution is 2.30. The van der Waals surface area contributed by atoms with Gasteiger partial charge in [-0.1, -0.05) is 102 Å². The van der Waals surface area contributed by atoms with Gasteiger partial charge in [-0.05, 0) is 135 Å². The number of amides is 2. The molecule has 0 saturated carbocycles. The Hall–Kier alpha value is -4.18. The third kappa shape index (κ3) is 11.7. The molecule has 50 heavy (non-hydrogen) atoms. The summed E-state index contributed by atoms with van der Waals surface area (Å²) in [6.07, 6.45) is 15.5. The molecule has 0 aromatic heterocycles. The third-order valence-electron chi connectivity index (χ3n) is 9.58. The van der Waals surface area contributed by atoms with Crippen LogP contribution in [0.2, 0.25) is 0 Å². The Labute approximate surface area is 302 Å². The number of hydrogen-bond donors (Lipinski definition) is 0. The van der Waals surface area contributed by atoms with Crippen molar-refractivity contribution in [1.29, 1.82) is 0 Å². The number of carbonyl (C=O) groups excluding carboxylic acids is 2. The number of rotatable bonds is 21. The van der Waals surface area contributed by atoms with Crippen LogP contribution in [-0.2, 0) is 35.3 Å². The number of anilines is 4. The van der Waals surface area contributed by atoms with Gasteiger partial charge >= 0.3 is 0 Å². The van der Waals surface area contributed by atoms with E-state index in [-0.39, 0.29) is 11.8 Å². The van der Waals surface area contributed by atoms with Gasteiger partial charge in [0.15, 0.2) is 0 Å². The minimum absolute atomic E-state index is 0.0576. The number of unbranched alkanes of at least 4 members (excludes halogenated alkanes) is 5. The summed E-state index contributed by atoms with van der Waals surface area (Å²) in [4.78, 5) is 31.6. The van der Waals surface area contributed by atoms with Crippen molar-refractivity contribution >= 4 is 34.6 Å². The molecular weight excluding hydrogens is 613 g/mol. The number of carbonyl (C=O) groups is 2. The van der Waals surface area contributed by atoms with Gasteiger partial charge in [-0.15, -0.1) is 0 Å². The lowest BCUT2D eigenvalue weighted by molar-refractivity contribution is -0.119. The molecule has 0 aliphatic carbocycles. The molecule has 0 spiro atoms. The van der Waals surface area contributed by atoms with Crippen molar-refractivity contribution in [1.82, 2.24) is 0 Å². The summed E-state index contributed by atoms with van der Waals surface area (Å²) in [5.41, 5.74) is 8.76. The highest BCUT2D eigenvalue weighted by molar-refractivity contribution is 6.01. The summed E-state index contributed by atoms with van der Waals surface area (Å²) < 4.78 is 0. The molecule has 266 valence electrons. The van der Waals surface area contributed by atoms with E-state index in [1.165, 1.54) is 22.3 Å². The second kappa shape index (κ2) is 21.1. The van der Waals surface area contributed by atoms with Crippen LogP contribution in [0.15, 0.2) is 97.1 Å². The van der Waals surface area contributed by atoms with Gasteiger partial charge in [-0.25, -0.2) is 0 Å². The number of hydrogen-bond acceptors (Lipinski definition) is 2. The highest BCUT2D eigenvalue weighted by atomic mass is 16.2.